The highest BCUT2D eigenvalue weighted by Gasteiger charge is 2.29. The van der Waals surface area contributed by atoms with Crippen LogP contribution in [0.5, 0.6) is 0 Å². The summed E-state index contributed by atoms with van der Waals surface area (Å²) in [5.74, 6) is -0.453. The summed E-state index contributed by atoms with van der Waals surface area (Å²) in [4.78, 5) is 0.119. The fourth-order valence-electron chi connectivity index (χ4n) is 2.07. The molecule has 3 N–H and O–H groups in total. The molecule has 0 saturated heterocycles. The molecule has 0 bridgehead atoms. The van der Waals surface area contributed by atoms with E-state index in [9.17, 15) is 12.8 Å². The number of sulfone groups is 1. The maximum Gasteiger partial charge on any atom is 0.190 e. The Kier molecular flexibility index (Phi) is 4.20. The minimum absolute atomic E-state index is 0.119. The second-order valence-electron chi connectivity index (χ2n) is 4.69. The van der Waals surface area contributed by atoms with Gasteiger partial charge in [0.2, 0.25) is 0 Å². The Morgan fingerprint density at radius 2 is 1.60 bits per heavy atom. The van der Waals surface area contributed by atoms with Crippen LogP contribution in [0.15, 0.2) is 53.4 Å². The van der Waals surface area contributed by atoms with Crippen molar-refractivity contribution >= 4 is 9.84 Å². The molecule has 0 aliphatic carbocycles. The van der Waals surface area contributed by atoms with E-state index in [4.69, 9.17) is 0 Å². The zero-order valence-electron chi connectivity index (χ0n) is 11.2. The van der Waals surface area contributed by atoms with Crippen molar-refractivity contribution in [1.82, 2.24) is 0 Å². The summed E-state index contributed by atoms with van der Waals surface area (Å²) in [5, 5.41) is -0.714. The number of aryl methyl sites for hydroxylation is 1. The fraction of sp³-hybridized carbons (Fsp3) is 0.200. The molecule has 0 fully saturated rings. The summed E-state index contributed by atoms with van der Waals surface area (Å²) in [7, 11) is -3.56. The van der Waals surface area contributed by atoms with Crippen LogP contribution >= 0.6 is 0 Å². The van der Waals surface area contributed by atoms with Crippen LogP contribution in [0.1, 0.15) is 16.4 Å². The van der Waals surface area contributed by atoms with E-state index >= 15 is 0 Å². The van der Waals surface area contributed by atoms with Crippen molar-refractivity contribution in [2.75, 3.05) is 6.54 Å². The Morgan fingerprint density at radius 3 is 2.10 bits per heavy atom. The molecule has 2 aromatic carbocycles. The van der Waals surface area contributed by atoms with Crippen molar-refractivity contribution in [2.24, 2.45) is 0 Å². The zero-order chi connectivity index (χ0) is 14.8. The minimum Gasteiger partial charge on any atom is -0.356 e. The molecule has 0 radical (unpaired) electrons. The summed E-state index contributed by atoms with van der Waals surface area (Å²) < 4.78 is 38.1. The van der Waals surface area contributed by atoms with E-state index in [1.54, 1.807) is 12.1 Å². The van der Waals surface area contributed by atoms with E-state index in [0.29, 0.717) is 5.56 Å². The third kappa shape index (κ3) is 2.89. The monoisotopic (exact) mass is 294 g/mol. The minimum atomic E-state index is -3.56. The molecule has 0 amide bonds. The molecule has 0 saturated carbocycles. The van der Waals surface area contributed by atoms with E-state index in [-0.39, 0.29) is 11.4 Å². The van der Waals surface area contributed by atoms with Gasteiger partial charge in [-0.2, -0.15) is 0 Å². The van der Waals surface area contributed by atoms with Crippen LogP contribution in [-0.4, -0.2) is 15.0 Å². The average Bonchev–Trinajstić information content (AvgIpc) is 2.42. The molecule has 106 valence electrons. The molecular weight excluding hydrogens is 277 g/mol. The van der Waals surface area contributed by atoms with E-state index in [0.717, 1.165) is 17.7 Å². The van der Waals surface area contributed by atoms with E-state index in [1.807, 2.05) is 19.1 Å². The molecule has 1 atom stereocenters. The smallest absolute Gasteiger partial charge is 0.190 e. The van der Waals surface area contributed by atoms with Crippen LogP contribution in [0.4, 0.5) is 4.39 Å². The van der Waals surface area contributed by atoms with Gasteiger partial charge >= 0.3 is 0 Å². The van der Waals surface area contributed by atoms with Gasteiger partial charge in [-0.05, 0) is 36.8 Å². The SMILES string of the molecule is Cc1ccc([C@H](C[NH3+])S(=O)(=O)c2ccc(F)cc2)cc1. The lowest BCUT2D eigenvalue weighted by Crippen LogP contribution is -2.54. The van der Waals surface area contributed by atoms with Crippen LogP contribution in [0.3, 0.4) is 0 Å². The molecular formula is C15H17FNO2S+. The molecule has 5 heteroatoms. The normalized spacial score (nSPS) is 13.2. The predicted molar refractivity (Wildman–Crippen MR) is 75.3 cm³/mol. The maximum atomic E-state index is 12.9. The number of rotatable bonds is 4. The van der Waals surface area contributed by atoms with Gasteiger partial charge in [-0.1, -0.05) is 29.8 Å². The second-order valence-corrected chi connectivity index (χ2v) is 6.82. The lowest BCUT2D eigenvalue weighted by atomic mass is 10.1. The van der Waals surface area contributed by atoms with E-state index in [1.165, 1.54) is 12.1 Å². The van der Waals surface area contributed by atoms with Gasteiger partial charge in [0, 0.05) is 0 Å². The Labute approximate surface area is 118 Å². The number of hydrogen-bond acceptors (Lipinski definition) is 2. The van der Waals surface area contributed by atoms with Crippen molar-refractivity contribution < 1.29 is 18.5 Å². The van der Waals surface area contributed by atoms with Crippen LogP contribution in [0.25, 0.3) is 0 Å². The average molecular weight is 294 g/mol. The zero-order valence-corrected chi connectivity index (χ0v) is 12.0. The topological polar surface area (TPSA) is 61.8 Å². The van der Waals surface area contributed by atoms with Gasteiger partial charge in [-0.15, -0.1) is 0 Å². The summed E-state index contributed by atoms with van der Waals surface area (Å²) in [5.41, 5.74) is 5.51. The van der Waals surface area contributed by atoms with E-state index in [2.05, 4.69) is 5.73 Å². The first-order chi connectivity index (χ1) is 9.45. The largest absolute Gasteiger partial charge is 0.356 e. The standard InChI is InChI=1S/C15H16FNO2S/c1-11-2-4-12(5-3-11)15(10-17)20(18,19)14-8-6-13(16)7-9-14/h2-9,15H,10,17H2,1H3/p+1/t15-/m0/s1. The molecule has 0 aliphatic rings. The van der Waals surface area contributed by atoms with Crippen LogP contribution < -0.4 is 5.73 Å². The van der Waals surface area contributed by atoms with Crippen LogP contribution in [0, 0.1) is 12.7 Å². The number of hydrogen-bond donors (Lipinski definition) is 1. The van der Waals surface area contributed by atoms with Gasteiger partial charge in [0.15, 0.2) is 9.84 Å². The number of halogens is 1. The van der Waals surface area contributed by atoms with Crippen molar-refractivity contribution in [1.29, 1.82) is 0 Å². The van der Waals surface area contributed by atoms with Crippen LogP contribution in [0.2, 0.25) is 0 Å². The Morgan fingerprint density at radius 1 is 1.05 bits per heavy atom. The lowest BCUT2D eigenvalue weighted by molar-refractivity contribution is -0.367. The Hall–Kier alpha value is -1.72. The molecule has 2 rings (SSSR count). The van der Waals surface area contributed by atoms with E-state index < -0.39 is 20.9 Å². The maximum absolute atomic E-state index is 12.9. The molecule has 0 unspecified atom stereocenters. The van der Waals surface area contributed by atoms with Gasteiger partial charge < -0.3 is 5.73 Å². The Balaban J connectivity index is 2.44. The van der Waals surface area contributed by atoms with Crippen molar-refractivity contribution in [3.63, 3.8) is 0 Å². The van der Waals surface area contributed by atoms with Gasteiger partial charge in [-0.25, -0.2) is 12.8 Å². The molecule has 0 aromatic heterocycles. The molecule has 0 aliphatic heterocycles. The highest BCUT2D eigenvalue weighted by atomic mass is 32.2. The quantitative estimate of drug-likeness (QED) is 0.875. The number of benzene rings is 2. The Bertz CT molecular complexity index is 679. The summed E-state index contributed by atoms with van der Waals surface area (Å²) in [6.07, 6.45) is 0. The molecule has 20 heavy (non-hydrogen) atoms. The molecule has 0 heterocycles. The van der Waals surface area contributed by atoms with Gasteiger partial charge in [0.05, 0.1) is 11.4 Å². The fourth-order valence-corrected chi connectivity index (χ4v) is 3.74. The predicted octanol–water partition coefficient (Wildman–Crippen LogP) is 1.89. The second kappa shape index (κ2) is 5.73. The van der Waals surface area contributed by atoms with Crippen LogP contribution in [-0.2, 0) is 9.84 Å². The van der Waals surface area contributed by atoms with Crippen molar-refractivity contribution in [3.05, 3.63) is 65.5 Å². The third-order valence-corrected chi connectivity index (χ3v) is 5.41. The molecule has 0 spiro atoms. The first-order valence-corrected chi connectivity index (χ1v) is 7.85. The third-order valence-electron chi connectivity index (χ3n) is 3.23. The molecule has 2 aromatic rings. The van der Waals surface area contributed by atoms with Gasteiger partial charge in [-0.3, -0.25) is 0 Å². The highest BCUT2D eigenvalue weighted by molar-refractivity contribution is 7.91. The van der Waals surface area contributed by atoms with Gasteiger partial charge in [0.25, 0.3) is 0 Å². The first kappa shape index (κ1) is 14.7. The lowest BCUT2D eigenvalue weighted by Gasteiger charge is -2.15. The molecule has 3 nitrogen and oxygen atoms in total. The highest BCUT2D eigenvalue weighted by Crippen LogP contribution is 2.28. The van der Waals surface area contributed by atoms with Crippen molar-refractivity contribution in [2.45, 2.75) is 17.1 Å². The summed E-state index contributed by atoms with van der Waals surface area (Å²) >= 11 is 0. The van der Waals surface area contributed by atoms with Gasteiger partial charge in [0.1, 0.15) is 11.1 Å². The summed E-state index contributed by atoms with van der Waals surface area (Å²) in [6, 6.07) is 12.2. The summed E-state index contributed by atoms with van der Waals surface area (Å²) in [6.45, 7) is 2.17. The number of quaternary nitrogens is 1. The van der Waals surface area contributed by atoms with Crippen molar-refractivity contribution in [3.8, 4) is 0 Å². The first-order valence-electron chi connectivity index (χ1n) is 6.30.